The molecule has 1 unspecified atom stereocenters. The van der Waals surface area contributed by atoms with Gasteiger partial charge in [-0.05, 0) is 36.5 Å². The van der Waals surface area contributed by atoms with Gasteiger partial charge >= 0.3 is 0 Å². The molecule has 6 nitrogen and oxygen atoms in total. The minimum atomic E-state index is 0.187. The molecular weight excluding hydrogens is 338 g/mol. The lowest BCUT2D eigenvalue weighted by Gasteiger charge is -2.32. The Morgan fingerprint density at radius 1 is 1.26 bits per heavy atom. The molecule has 1 aliphatic heterocycles. The molecule has 0 N–H and O–H groups in total. The SMILES string of the molecule is Cn1ccnc1CC1CCCN(C(=O)Cc2cnn(-c3ccccc3)c2)C1. The molecule has 1 saturated heterocycles. The van der Waals surface area contributed by atoms with Crippen molar-refractivity contribution >= 4 is 5.91 Å². The van der Waals surface area contributed by atoms with Crippen LogP contribution in [0.1, 0.15) is 24.2 Å². The summed E-state index contributed by atoms with van der Waals surface area (Å²) in [5.41, 5.74) is 1.96. The Kier molecular flexibility index (Phi) is 5.05. The predicted molar refractivity (Wildman–Crippen MR) is 103 cm³/mol. The molecule has 1 atom stereocenters. The van der Waals surface area contributed by atoms with E-state index >= 15 is 0 Å². The Balaban J connectivity index is 1.37. The number of aryl methyl sites for hydroxylation is 1. The van der Waals surface area contributed by atoms with Gasteiger partial charge < -0.3 is 9.47 Å². The van der Waals surface area contributed by atoms with Crippen molar-refractivity contribution in [3.05, 3.63) is 66.5 Å². The van der Waals surface area contributed by atoms with Crippen molar-refractivity contribution in [2.24, 2.45) is 13.0 Å². The summed E-state index contributed by atoms with van der Waals surface area (Å²) in [6, 6.07) is 9.96. The van der Waals surface area contributed by atoms with Gasteiger partial charge in [-0.3, -0.25) is 4.79 Å². The maximum Gasteiger partial charge on any atom is 0.227 e. The number of piperidine rings is 1. The highest BCUT2D eigenvalue weighted by molar-refractivity contribution is 5.78. The number of hydrogen-bond acceptors (Lipinski definition) is 3. The molecule has 0 bridgehead atoms. The number of carbonyl (C=O) groups is 1. The van der Waals surface area contributed by atoms with Crippen LogP contribution in [-0.4, -0.2) is 43.2 Å². The fourth-order valence-corrected chi connectivity index (χ4v) is 3.77. The van der Waals surface area contributed by atoms with Gasteiger partial charge in [-0.2, -0.15) is 5.10 Å². The third-order valence-corrected chi connectivity index (χ3v) is 5.28. The summed E-state index contributed by atoms with van der Waals surface area (Å²) in [4.78, 5) is 19.2. The van der Waals surface area contributed by atoms with E-state index in [1.165, 1.54) is 0 Å². The van der Waals surface area contributed by atoms with E-state index in [4.69, 9.17) is 0 Å². The quantitative estimate of drug-likeness (QED) is 0.700. The minimum absolute atomic E-state index is 0.187. The zero-order valence-electron chi connectivity index (χ0n) is 15.7. The van der Waals surface area contributed by atoms with E-state index in [2.05, 4.69) is 14.6 Å². The topological polar surface area (TPSA) is 56.0 Å². The second kappa shape index (κ2) is 7.78. The van der Waals surface area contributed by atoms with Crippen molar-refractivity contribution < 1.29 is 4.79 Å². The van der Waals surface area contributed by atoms with Crippen molar-refractivity contribution in [2.75, 3.05) is 13.1 Å². The molecule has 1 fully saturated rings. The van der Waals surface area contributed by atoms with Crippen LogP contribution in [0.5, 0.6) is 0 Å². The monoisotopic (exact) mass is 363 g/mol. The van der Waals surface area contributed by atoms with Gasteiger partial charge in [0.1, 0.15) is 5.82 Å². The van der Waals surface area contributed by atoms with Gasteiger partial charge in [-0.25, -0.2) is 9.67 Å². The number of benzene rings is 1. The molecule has 0 aliphatic carbocycles. The largest absolute Gasteiger partial charge is 0.342 e. The van der Waals surface area contributed by atoms with E-state index < -0.39 is 0 Å². The Morgan fingerprint density at radius 3 is 2.89 bits per heavy atom. The van der Waals surface area contributed by atoms with E-state index in [0.717, 1.165) is 49.4 Å². The summed E-state index contributed by atoms with van der Waals surface area (Å²) < 4.78 is 3.89. The molecule has 1 aromatic carbocycles. The molecule has 4 rings (SSSR count). The van der Waals surface area contributed by atoms with Crippen LogP contribution in [0, 0.1) is 5.92 Å². The van der Waals surface area contributed by atoms with E-state index in [1.807, 2.05) is 65.6 Å². The van der Waals surface area contributed by atoms with Crippen LogP contribution in [0.15, 0.2) is 55.1 Å². The number of amides is 1. The lowest BCUT2D eigenvalue weighted by atomic mass is 9.94. The Bertz CT molecular complexity index is 898. The van der Waals surface area contributed by atoms with Gasteiger partial charge in [0, 0.05) is 45.1 Å². The lowest BCUT2D eigenvalue weighted by Crippen LogP contribution is -2.41. The standard InChI is InChI=1S/C21H25N5O/c1-24-11-9-22-20(24)12-17-6-5-10-25(15-17)21(27)13-18-14-23-26(16-18)19-7-3-2-4-8-19/h2-4,7-9,11,14,16-17H,5-6,10,12-13,15H2,1H3. The highest BCUT2D eigenvalue weighted by atomic mass is 16.2. The van der Waals surface area contributed by atoms with Crippen LogP contribution in [0.4, 0.5) is 0 Å². The highest BCUT2D eigenvalue weighted by Crippen LogP contribution is 2.21. The number of rotatable bonds is 5. The zero-order chi connectivity index (χ0) is 18.6. The summed E-state index contributed by atoms with van der Waals surface area (Å²) in [7, 11) is 2.03. The number of carbonyl (C=O) groups excluding carboxylic acids is 1. The normalized spacial score (nSPS) is 17.2. The van der Waals surface area contributed by atoms with Gasteiger partial charge in [-0.1, -0.05) is 18.2 Å². The average Bonchev–Trinajstić information content (AvgIpc) is 3.32. The van der Waals surface area contributed by atoms with Crippen molar-refractivity contribution in [3.8, 4) is 5.69 Å². The third kappa shape index (κ3) is 4.10. The number of imidazole rings is 1. The second-order valence-corrected chi connectivity index (χ2v) is 7.31. The Hall–Kier alpha value is -2.89. The Morgan fingerprint density at radius 2 is 2.11 bits per heavy atom. The van der Waals surface area contributed by atoms with Gasteiger partial charge in [0.15, 0.2) is 0 Å². The fourth-order valence-electron chi connectivity index (χ4n) is 3.77. The van der Waals surface area contributed by atoms with Gasteiger partial charge in [0.05, 0.1) is 18.3 Å². The van der Waals surface area contributed by atoms with E-state index in [9.17, 15) is 4.79 Å². The van der Waals surface area contributed by atoms with E-state index in [1.54, 1.807) is 6.20 Å². The highest BCUT2D eigenvalue weighted by Gasteiger charge is 2.25. The molecule has 3 aromatic rings. The van der Waals surface area contributed by atoms with Crippen LogP contribution in [-0.2, 0) is 24.7 Å². The van der Waals surface area contributed by atoms with Gasteiger partial charge in [-0.15, -0.1) is 0 Å². The molecule has 6 heteroatoms. The first-order chi connectivity index (χ1) is 13.2. The molecule has 0 spiro atoms. The molecule has 27 heavy (non-hydrogen) atoms. The molecule has 0 saturated carbocycles. The van der Waals surface area contributed by atoms with Crippen molar-refractivity contribution in [1.82, 2.24) is 24.2 Å². The summed E-state index contributed by atoms with van der Waals surface area (Å²) in [6.07, 6.45) is 11.1. The molecular formula is C21H25N5O. The number of nitrogens with zero attached hydrogens (tertiary/aromatic N) is 5. The van der Waals surface area contributed by atoms with Crippen LogP contribution in [0.3, 0.4) is 0 Å². The van der Waals surface area contributed by atoms with Crippen molar-refractivity contribution in [3.63, 3.8) is 0 Å². The maximum absolute atomic E-state index is 12.8. The lowest BCUT2D eigenvalue weighted by molar-refractivity contribution is -0.132. The van der Waals surface area contributed by atoms with Crippen molar-refractivity contribution in [1.29, 1.82) is 0 Å². The summed E-state index contributed by atoms with van der Waals surface area (Å²) >= 11 is 0. The first kappa shape index (κ1) is 17.5. The molecule has 1 amide bonds. The molecule has 3 heterocycles. The van der Waals surface area contributed by atoms with Crippen LogP contribution < -0.4 is 0 Å². The maximum atomic E-state index is 12.8. The first-order valence-electron chi connectivity index (χ1n) is 9.52. The average molecular weight is 363 g/mol. The molecule has 2 aromatic heterocycles. The second-order valence-electron chi connectivity index (χ2n) is 7.31. The number of para-hydroxylation sites is 1. The number of likely N-dealkylation sites (tertiary alicyclic amines) is 1. The van der Waals surface area contributed by atoms with Gasteiger partial charge in [0.25, 0.3) is 0 Å². The van der Waals surface area contributed by atoms with E-state index in [-0.39, 0.29) is 5.91 Å². The summed E-state index contributed by atoms with van der Waals surface area (Å²) in [5, 5.41) is 4.39. The Labute approximate surface area is 159 Å². The molecule has 140 valence electrons. The van der Waals surface area contributed by atoms with E-state index in [0.29, 0.717) is 12.3 Å². The van der Waals surface area contributed by atoms with Crippen LogP contribution in [0.25, 0.3) is 5.69 Å². The summed E-state index contributed by atoms with van der Waals surface area (Å²) in [5.74, 6) is 1.77. The zero-order valence-corrected chi connectivity index (χ0v) is 15.7. The molecule has 1 aliphatic rings. The smallest absolute Gasteiger partial charge is 0.227 e. The van der Waals surface area contributed by atoms with Gasteiger partial charge in [0.2, 0.25) is 5.91 Å². The van der Waals surface area contributed by atoms with Crippen molar-refractivity contribution in [2.45, 2.75) is 25.7 Å². The third-order valence-electron chi connectivity index (χ3n) is 5.28. The van der Waals surface area contributed by atoms with Crippen LogP contribution in [0.2, 0.25) is 0 Å². The van der Waals surface area contributed by atoms with Crippen LogP contribution >= 0.6 is 0 Å². The number of aromatic nitrogens is 4. The number of hydrogen-bond donors (Lipinski definition) is 0. The summed E-state index contributed by atoms with van der Waals surface area (Å²) in [6.45, 7) is 1.67. The predicted octanol–water partition coefficient (Wildman–Crippen LogP) is 2.63. The fraction of sp³-hybridized carbons (Fsp3) is 0.381. The minimum Gasteiger partial charge on any atom is -0.342 e. The first-order valence-corrected chi connectivity index (χ1v) is 9.52. The molecule has 0 radical (unpaired) electrons.